The molecule has 1 aliphatic carbocycles. The van der Waals surface area contributed by atoms with Crippen molar-refractivity contribution in [3.8, 4) is 0 Å². The molecular weight excluding hydrogens is 274 g/mol. The number of carbonyl (C=O) groups is 1. The van der Waals surface area contributed by atoms with E-state index in [2.05, 4.69) is 23.3 Å². The molecule has 0 amide bonds. The number of nitrogens with zero attached hydrogens (tertiary/aromatic N) is 1. The zero-order chi connectivity index (χ0) is 14.6. The Morgan fingerprint density at radius 2 is 2.20 bits per heavy atom. The summed E-state index contributed by atoms with van der Waals surface area (Å²) in [6.07, 6.45) is 2.35. The van der Waals surface area contributed by atoms with Gasteiger partial charge in [-0.1, -0.05) is 13.0 Å². The van der Waals surface area contributed by atoms with Crippen molar-refractivity contribution < 1.29 is 15.0 Å². The predicted octanol–water partition coefficient (Wildman–Crippen LogP) is 2.58. The molecule has 1 aromatic rings. The van der Waals surface area contributed by atoms with Gasteiger partial charge in [-0.2, -0.15) is 0 Å². The Labute approximate surface area is 124 Å². The molecule has 1 heterocycles. The maximum atomic E-state index is 11.0. The second kappa shape index (κ2) is 6.70. The summed E-state index contributed by atoms with van der Waals surface area (Å²) in [6, 6.07) is 4.15. The average Bonchev–Trinajstić information content (AvgIpc) is 2.91. The van der Waals surface area contributed by atoms with E-state index in [0.29, 0.717) is 32.2 Å². The second-order valence-electron chi connectivity index (χ2n) is 5.72. The molecule has 112 valence electrons. The minimum absolute atomic E-state index is 0.275. The molecule has 0 bridgehead atoms. The maximum Gasteiger partial charge on any atom is 0.306 e. The van der Waals surface area contributed by atoms with Crippen LogP contribution in [0.3, 0.4) is 0 Å². The van der Waals surface area contributed by atoms with Crippen molar-refractivity contribution in [3.05, 3.63) is 22.4 Å². The molecule has 0 aliphatic heterocycles. The fourth-order valence-electron chi connectivity index (χ4n) is 2.88. The monoisotopic (exact) mass is 297 g/mol. The molecule has 0 radical (unpaired) electrons. The molecule has 0 saturated heterocycles. The summed E-state index contributed by atoms with van der Waals surface area (Å²) in [5.41, 5.74) is -0.723. The fraction of sp³-hybridized carbons (Fsp3) is 0.667. The van der Waals surface area contributed by atoms with Gasteiger partial charge in [0.2, 0.25) is 0 Å². The first-order valence-corrected chi connectivity index (χ1v) is 8.10. The quantitative estimate of drug-likeness (QED) is 0.847. The van der Waals surface area contributed by atoms with Crippen LogP contribution in [0.1, 0.15) is 37.5 Å². The maximum absolute atomic E-state index is 11.0. The third-order valence-corrected chi connectivity index (χ3v) is 5.05. The first-order chi connectivity index (χ1) is 9.52. The highest BCUT2D eigenvalue weighted by Crippen LogP contribution is 2.33. The average molecular weight is 297 g/mol. The largest absolute Gasteiger partial charge is 0.481 e. The van der Waals surface area contributed by atoms with E-state index in [0.717, 1.165) is 13.1 Å². The summed E-state index contributed by atoms with van der Waals surface area (Å²) < 4.78 is 0. The first-order valence-electron chi connectivity index (χ1n) is 7.22. The van der Waals surface area contributed by atoms with Gasteiger partial charge in [0.15, 0.2) is 0 Å². The Morgan fingerprint density at radius 1 is 1.50 bits per heavy atom. The molecule has 0 spiro atoms. The molecule has 0 aromatic carbocycles. The minimum atomic E-state index is -0.724. The molecule has 2 N–H and O–H groups in total. The zero-order valence-electron chi connectivity index (χ0n) is 11.9. The number of aliphatic hydroxyl groups is 1. The second-order valence-corrected chi connectivity index (χ2v) is 6.75. The molecule has 0 atom stereocenters. The molecular formula is C15H23NO3S. The summed E-state index contributed by atoms with van der Waals surface area (Å²) in [4.78, 5) is 14.5. The Hall–Kier alpha value is -0.910. The van der Waals surface area contributed by atoms with Gasteiger partial charge in [-0.15, -0.1) is 11.3 Å². The number of hydrogen-bond acceptors (Lipinski definition) is 4. The number of carboxylic acids is 1. The SMILES string of the molecule is CCN(Cc1cccs1)CC1(O)CCC(C(=O)O)CC1. The molecule has 0 unspecified atom stereocenters. The summed E-state index contributed by atoms with van der Waals surface area (Å²) in [6.45, 7) is 4.48. The highest BCUT2D eigenvalue weighted by atomic mass is 32.1. The van der Waals surface area contributed by atoms with Crippen LogP contribution in [0.25, 0.3) is 0 Å². The van der Waals surface area contributed by atoms with Crippen LogP contribution >= 0.6 is 11.3 Å². The molecule has 1 aromatic heterocycles. The summed E-state index contributed by atoms with van der Waals surface area (Å²) >= 11 is 1.73. The standard InChI is InChI=1S/C15H23NO3S/c1-2-16(10-13-4-3-9-20-13)11-15(19)7-5-12(6-8-15)14(17)18/h3-4,9,12,19H,2,5-8,10-11H2,1H3,(H,17,18). The van der Waals surface area contributed by atoms with Crippen molar-refractivity contribution in [2.45, 2.75) is 44.8 Å². The molecule has 2 rings (SSSR count). The lowest BCUT2D eigenvalue weighted by Crippen LogP contribution is -2.46. The summed E-state index contributed by atoms with van der Waals surface area (Å²) in [7, 11) is 0. The van der Waals surface area contributed by atoms with Gasteiger partial charge in [-0.25, -0.2) is 0 Å². The number of hydrogen-bond donors (Lipinski definition) is 2. The smallest absolute Gasteiger partial charge is 0.306 e. The third-order valence-electron chi connectivity index (χ3n) is 4.19. The highest BCUT2D eigenvalue weighted by molar-refractivity contribution is 7.09. The highest BCUT2D eigenvalue weighted by Gasteiger charge is 2.36. The summed E-state index contributed by atoms with van der Waals surface area (Å²) in [5.74, 6) is -0.999. The molecule has 1 aliphatic rings. The lowest BCUT2D eigenvalue weighted by Gasteiger charge is -2.38. The van der Waals surface area contributed by atoms with E-state index in [-0.39, 0.29) is 5.92 Å². The van der Waals surface area contributed by atoms with Crippen LogP contribution in [-0.4, -0.2) is 39.8 Å². The number of thiophene rings is 1. The molecule has 1 fully saturated rings. The Kier molecular flexibility index (Phi) is 5.18. The van der Waals surface area contributed by atoms with Crippen LogP contribution in [0.15, 0.2) is 17.5 Å². The number of aliphatic carboxylic acids is 1. The first kappa shape index (κ1) is 15.5. The van der Waals surface area contributed by atoms with E-state index in [1.54, 1.807) is 11.3 Å². The van der Waals surface area contributed by atoms with Gasteiger partial charge < -0.3 is 10.2 Å². The van der Waals surface area contributed by atoms with Gasteiger partial charge in [0.1, 0.15) is 0 Å². The molecule has 4 nitrogen and oxygen atoms in total. The van der Waals surface area contributed by atoms with Gasteiger partial charge in [-0.3, -0.25) is 9.69 Å². The van der Waals surface area contributed by atoms with Gasteiger partial charge in [-0.05, 0) is 43.7 Å². The fourth-order valence-corrected chi connectivity index (χ4v) is 3.63. The van der Waals surface area contributed by atoms with Gasteiger partial charge >= 0.3 is 5.97 Å². The number of carboxylic acid groups (broad SMARTS) is 1. The third kappa shape index (κ3) is 4.04. The minimum Gasteiger partial charge on any atom is -0.481 e. The van der Waals surface area contributed by atoms with Gasteiger partial charge in [0.05, 0.1) is 11.5 Å². The van der Waals surface area contributed by atoms with Crippen LogP contribution in [-0.2, 0) is 11.3 Å². The van der Waals surface area contributed by atoms with Gasteiger partial charge in [0, 0.05) is 18.0 Å². The van der Waals surface area contributed by atoms with E-state index in [4.69, 9.17) is 5.11 Å². The van der Waals surface area contributed by atoms with Crippen LogP contribution in [0.5, 0.6) is 0 Å². The zero-order valence-corrected chi connectivity index (χ0v) is 12.7. The van der Waals surface area contributed by atoms with E-state index >= 15 is 0 Å². The van der Waals surface area contributed by atoms with E-state index in [1.807, 2.05) is 6.07 Å². The predicted molar refractivity (Wildman–Crippen MR) is 79.8 cm³/mol. The van der Waals surface area contributed by atoms with Crippen molar-refractivity contribution in [1.82, 2.24) is 4.90 Å². The van der Waals surface area contributed by atoms with Crippen LogP contribution in [0.4, 0.5) is 0 Å². The number of likely N-dealkylation sites (N-methyl/N-ethyl adjacent to an activating group) is 1. The van der Waals surface area contributed by atoms with E-state index in [9.17, 15) is 9.90 Å². The van der Waals surface area contributed by atoms with E-state index in [1.165, 1.54) is 4.88 Å². The molecule has 1 saturated carbocycles. The van der Waals surface area contributed by atoms with Crippen LogP contribution in [0.2, 0.25) is 0 Å². The lowest BCUT2D eigenvalue weighted by atomic mass is 9.78. The van der Waals surface area contributed by atoms with Crippen LogP contribution < -0.4 is 0 Å². The Balaban J connectivity index is 1.89. The van der Waals surface area contributed by atoms with Crippen LogP contribution in [0, 0.1) is 5.92 Å². The van der Waals surface area contributed by atoms with Crippen molar-refractivity contribution >= 4 is 17.3 Å². The Bertz CT molecular complexity index is 424. The van der Waals surface area contributed by atoms with E-state index < -0.39 is 11.6 Å². The van der Waals surface area contributed by atoms with Crippen molar-refractivity contribution in [1.29, 1.82) is 0 Å². The Morgan fingerprint density at radius 3 is 2.70 bits per heavy atom. The van der Waals surface area contributed by atoms with Crippen molar-refractivity contribution in [3.63, 3.8) is 0 Å². The molecule has 5 heteroatoms. The number of rotatable bonds is 6. The summed E-state index contributed by atoms with van der Waals surface area (Å²) in [5, 5.41) is 21.8. The van der Waals surface area contributed by atoms with Crippen molar-refractivity contribution in [2.24, 2.45) is 5.92 Å². The topological polar surface area (TPSA) is 60.8 Å². The van der Waals surface area contributed by atoms with Crippen molar-refractivity contribution in [2.75, 3.05) is 13.1 Å². The molecule has 20 heavy (non-hydrogen) atoms. The lowest BCUT2D eigenvalue weighted by molar-refractivity contribution is -0.145. The normalized spacial score (nSPS) is 26.9. The van der Waals surface area contributed by atoms with Gasteiger partial charge in [0.25, 0.3) is 0 Å².